The molecule has 3 rings (SSSR count). The molecule has 1 aliphatic heterocycles. The predicted octanol–water partition coefficient (Wildman–Crippen LogP) is 4.16. The zero-order valence-electron chi connectivity index (χ0n) is 17.3. The molecule has 1 N–H and O–H groups in total. The van der Waals surface area contributed by atoms with E-state index in [1.807, 2.05) is 0 Å². The first-order valence-corrected chi connectivity index (χ1v) is 10.5. The summed E-state index contributed by atoms with van der Waals surface area (Å²) in [6.07, 6.45) is -4.79. The number of likely N-dealkylation sites (N-methyl/N-ethyl adjacent to an activating group) is 1. The Kier molecular flexibility index (Phi) is 7.41. The summed E-state index contributed by atoms with van der Waals surface area (Å²) < 4.78 is 41.5. The topological polar surface area (TPSA) is 74.2 Å². The van der Waals surface area contributed by atoms with E-state index in [2.05, 4.69) is 15.2 Å². The highest BCUT2D eigenvalue weighted by Gasteiger charge is 2.31. The molecule has 1 aliphatic rings. The molecule has 32 heavy (non-hydrogen) atoms. The molecule has 7 nitrogen and oxygen atoms in total. The van der Waals surface area contributed by atoms with Crippen molar-refractivity contribution in [1.82, 2.24) is 9.91 Å². The summed E-state index contributed by atoms with van der Waals surface area (Å²) in [4.78, 5) is 26.1. The van der Waals surface area contributed by atoms with Crippen LogP contribution in [0.2, 0.25) is 0 Å². The van der Waals surface area contributed by atoms with Crippen LogP contribution in [0.4, 0.5) is 23.7 Å². The van der Waals surface area contributed by atoms with Crippen molar-refractivity contribution in [2.24, 2.45) is 5.10 Å². The largest absolute Gasteiger partial charge is 0.573 e. The first-order valence-electron chi connectivity index (χ1n) is 9.50. The molecule has 2 amide bonds. The van der Waals surface area contributed by atoms with Crippen molar-refractivity contribution in [3.05, 3.63) is 59.7 Å². The van der Waals surface area contributed by atoms with Gasteiger partial charge in [-0.15, -0.1) is 13.2 Å². The van der Waals surface area contributed by atoms with Crippen LogP contribution in [0.3, 0.4) is 0 Å². The fourth-order valence-electron chi connectivity index (χ4n) is 2.94. The second-order valence-corrected chi connectivity index (χ2v) is 8.15. The summed E-state index contributed by atoms with van der Waals surface area (Å²) in [5.41, 5.74) is 2.22. The number of hydrogen-bond acceptors (Lipinski definition) is 6. The summed E-state index contributed by atoms with van der Waals surface area (Å²) in [6, 6.07) is 12.5. The molecule has 0 saturated heterocycles. The van der Waals surface area contributed by atoms with E-state index in [4.69, 9.17) is 0 Å². The Morgan fingerprint density at radius 2 is 1.97 bits per heavy atom. The average molecular weight is 466 g/mol. The monoisotopic (exact) mass is 466 g/mol. The molecule has 0 spiro atoms. The van der Waals surface area contributed by atoms with Crippen LogP contribution in [-0.4, -0.2) is 59.5 Å². The standard InChI is InChI=1S/C21H21F3N4O3S/c1-27(2)12-19(29)25-16-7-3-5-14(9-16)11-28-20(30)32-13-18(26-28)15-6-4-8-17(10-15)31-21(22,23)24/h3-10H,11-13H2,1-2H3,(H,25,29). The fraction of sp³-hybridized carbons (Fsp3) is 0.286. The highest BCUT2D eigenvalue weighted by molar-refractivity contribution is 8.14. The summed E-state index contributed by atoms with van der Waals surface area (Å²) in [5.74, 6) is -0.295. The number of anilines is 1. The minimum atomic E-state index is -4.79. The van der Waals surface area contributed by atoms with E-state index in [0.29, 0.717) is 17.0 Å². The molecular weight excluding hydrogens is 445 g/mol. The highest BCUT2D eigenvalue weighted by Crippen LogP contribution is 2.27. The molecule has 11 heteroatoms. The zero-order chi connectivity index (χ0) is 23.3. The third-order valence-electron chi connectivity index (χ3n) is 4.19. The Labute approximate surface area is 187 Å². The smallest absolute Gasteiger partial charge is 0.406 e. The van der Waals surface area contributed by atoms with Crippen LogP contribution >= 0.6 is 11.8 Å². The van der Waals surface area contributed by atoms with Gasteiger partial charge in [0.2, 0.25) is 5.91 Å². The Bertz CT molecular complexity index is 1030. The van der Waals surface area contributed by atoms with Crippen molar-refractivity contribution in [3.63, 3.8) is 0 Å². The lowest BCUT2D eigenvalue weighted by Gasteiger charge is -2.23. The lowest BCUT2D eigenvalue weighted by molar-refractivity contribution is -0.274. The normalized spacial score (nSPS) is 14.4. The van der Waals surface area contributed by atoms with Gasteiger partial charge < -0.3 is 15.0 Å². The average Bonchev–Trinajstić information content (AvgIpc) is 2.68. The number of nitrogens with one attached hydrogen (secondary N) is 1. The number of thioether (sulfide) groups is 1. The van der Waals surface area contributed by atoms with Gasteiger partial charge in [-0.1, -0.05) is 36.0 Å². The van der Waals surface area contributed by atoms with Crippen molar-refractivity contribution >= 4 is 34.3 Å². The molecule has 0 aliphatic carbocycles. The molecule has 2 aromatic carbocycles. The molecule has 0 fully saturated rings. The van der Waals surface area contributed by atoms with E-state index in [1.54, 1.807) is 49.3 Å². The minimum Gasteiger partial charge on any atom is -0.406 e. The van der Waals surface area contributed by atoms with Crippen LogP contribution in [0.15, 0.2) is 53.6 Å². The molecule has 0 unspecified atom stereocenters. The molecule has 0 radical (unpaired) electrons. The molecule has 1 heterocycles. The van der Waals surface area contributed by atoms with Crippen molar-refractivity contribution in [3.8, 4) is 5.75 Å². The quantitative estimate of drug-likeness (QED) is 0.664. The van der Waals surface area contributed by atoms with Gasteiger partial charge in [0.05, 0.1) is 18.8 Å². The van der Waals surface area contributed by atoms with Crippen LogP contribution in [0.25, 0.3) is 0 Å². The third kappa shape index (κ3) is 6.99. The lowest BCUT2D eigenvalue weighted by atomic mass is 10.1. The van der Waals surface area contributed by atoms with Gasteiger partial charge >= 0.3 is 11.6 Å². The van der Waals surface area contributed by atoms with Gasteiger partial charge in [0.15, 0.2) is 0 Å². The van der Waals surface area contributed by atoms with E-state index >= 15 is 0 Å². The fourth-order valence-corrected chi connectivity index (χ4v) is 3.68. The van der Waals surface area contributed by atoms with Gasteiger partial charge in [-0.05, 0) is 43.9 Å². The molecule has 2 aromatic rings. The SMILES string of the molecule is CN(C)CC(=O)Nc1cccc(CN2N=C(c3cccc(OC(F)(F)F)c3)CSC2=O)c1. The first-order chi connectivity index (χ1) is 15.1. The summed E-state index contributed by atoms with van der Waals surface area (Å²) in [5, 5.41) is 8.11. The van der Waals surface area contributed by atoms with E-state index in [-0.39, 0.29) is 35.7 Å². The molecule has 0 saturated carbocycles. The Hall–Kier alpha value is -3.05. The number of nitrogens with zero attached hydrogens (tertiary/aromatic N) is 3. The van der Waals surface area contributed by atoms with Crippen LogP contribution < -0.4 is 10.1 Å². The van der Waals surface area contributed by atoms with E-state index in [9.17, 15) is 22.8 Å². The van der Waals surface area contributed by atoms with Crippen LogP contribution in [-0.2, 0) is 11.3 Å². The number of benzene rings is 2. The number of rotatable bonds is 7. The number of hydrazone groups is 1. The molecule has 0 aromatic heterocycles. The first kappa shape index (κ1) is 23.6. The number of hydrogen-bond donors (Lipinski definition) is 1. The summed E-state index contributed by atoms with van der Waals surface area (Å²) in [7, 11) is 3.58. The Morgan fingerprint density at radius 3 is 2.69 bits per heavy atom. The summed E-state index contributed by atoms with van der Waals surface area (Å²) in [6.45, 7) is 0.377. The van der Waals surface area contributed by atoms with E-state index < -0.39 is 6.36 Å². The molecule has 0 atom stereocenters. The molecule has 170 valence electrons. The van der Waals surface area contributed by atoms with E-state index in [0.717, 1.165) is 17.3 Å². The number of ether oxygens (including phenoxy) is 1. The van der Waals surface area contributed by atoms with E-state index in [1.165, 1.54) is 23.2 Å². The maximum absolute atomic E-state index is 12.5. The van der Waals surface area contributed by atoms with Gasteiger partial charge in [-0.2, -0.15) is 5.10 Å². The predicted molar refractivity (Wildman–Crippen MR) is 117 cm³/mol. The van der Waals surface area contributed by atoms with Gasteiger partial charge in [-0.25, -0.2) is 5.01 Å². The Morgan fingerprint density at radius 1 is 1.22 bits per heavy atom. The maximum atomic E-state index is 12.5. The maximum Gasteiger partial charge on any atom is 0.573 e. The van der Waals surface area contributed by atoms with Gasteiger partial charge in [0.25, 0.3) is 0 Å². The van der Waals surface area contributed by atoms with Crippen LogP contribution in [0, 0.1) is 0 Å². The second-order valence-electron chi connectivity index (χ2n) is 7.22. The second kappa shape index (κ2) is 10.0. The van der Waals surface area contributed by atoms with Crippen LogP contribution in [0.5, 0.6) is 5.75 Å². The summed E-state index contributed by atoms with van der Waals surface area (Å²) >= 11 is 1.01. The lowest BCUT2D eigenvalue weighted by Crippen LogP contribution is -2.29. The number of alkyl halides is 3. The van der Waals surface area contributed by atoms with Crippen molar-refractivity contribution in [2.75, 3.05) is 31.7 Å². The van der Waals surface area contributed by atoms with Crippen molar-refractivity contribution in [1.29, 1.82) is 0 Å². The van der Waals surface area contributed by atoms with Gasteiger partial charge in [0, 0.05) is 17.0 Å². The Balaban J connectivity index is 1.75. The molecular formula is C21H21F3N4O3S. The van der Waals surface area contributed by atoms with Crippen molar-refractivity contribution in [2.45, 2.75) is 12.9 Å². The molecule has 0 bridgehead atoms. The number of amides is 2. The number of carbonyl (C=O) groups excluding carboxylic acids is 2. The number of carbonyl (C=O) groups is 2. The van der Waals surface area contributed by atoms with Gasteiger partial charge in [0.1, 0.15) is 5.75 Å². The van der Waals surface area contributed by atoms with Crippen molar-refractivity contribution < 1.29 is 27.5 Å². The number of halogens is 3. The highest BCUT2D eigenvalue weighted by atomic mass is 32.2. The van der Waals surface area contributed by atoms with Gasteiger partial charge in [-0.3, -0.25) is 9.59 Å². The van der Waals surface area contributed by atoms with Crippen LogP contribution in [0.1, 0.15) is 11.1 Å². The minimum absolute atomic E-state index is 0.144. The zero-order valence-corrected chi connectivity index (χ0v) is 18.2. The third-order valence-corrected chi connectivity index (χ3v) is 5.06.